The number of morpholine rings is 1. The number of amides is 1. The smallest absolute Gasteiger partial charge is 0.277 e. The Bertz CT molecular complexity index is 1210. The van der Waals surface area contributed by atoms with Crippen LogP contribution in [0.1, 0.15) is 16.1 Å². The Morgan fingerprint density at radius 3 is 2.63 bits per heavy atom. The molecular weight excluding hydrogens is 490 g/mol. The van der Waals surface area contributed by atoms with E-state index in [0.717, 1.165) is 41.5 Å². The lowest BCUT2D eigenvalue weighted by molar-refractivity contribution is 0.0705. The van der Waals surface area contributed by atoms with E-state index >= 15 is 0 Å². The van der Waals surface area contributed by atoms with Crippen LogP contribution in [0.5, 0.6) is 0 Å². The van der Waals surface area contributed by atoms with Gasteiger partial charge in [-0.2, -0.15) is 0 Å². The summed E-state index contributed by atoms with van der Waals surface area (Å²) in [5, 5.41) is 9.67. The number of hydrogen-bond acceptors (Lipinski definition) is 10. The van der Waals surface area contributed by atoms with Gasteiger partial charge >= 0.3 is 0 Å². The van der Waals surface area contributed by atoms with Crippen molar-refractivity contribution >= 4 is 41.0 Å². The van der Waals surface area contributed by atoms with E-state index in [1.54, 1.807) is 17.2 Å². The Morgan fingerprint density at radius 1 is 1.23 bits per heavy atom. The fourth-order valence-electron chi connectivity index (χ4n) is 4.07. The zero-order valence-corrected chi connectivity index (χ0v) is 20.6. The van der Waals surface area contributed by atoms with Crippen LogP contribution in [0.2, 0.25) is 5.02 Å². The van der Waals surface area contributed by atoms with Gasteiger partial charge in [0.1, 0.15) is 5.82 Å². The number of benzene rings is 1. The minimum atomic E-state index is -0.647. The average Bonchev–Trinajstić information content (AvgIpc) is 3.31. The molecule has 0 radical (unpaired) electrons. The molecule has 2 N–H and O–H groups in total. The summed E-state index contributed by atoms with van der Waals surface area (Å²) in [5.74, 6) is 1.50. The number of aromatic nitrogens is 4. The quantitative estimate of drug-likeness (QED) is 0.376. The molecular formula is C23H24ClN7O3S. The van der Waals surface area contributed by atoms with E-state index in [2.05, 4.69) is 14.9 Å². The van der Waals surface area contributed by atoms with E-state index in [0.29, 0.717) is 36.6 Å². The van der Waals surface area contributed by atoms with E-state index in [1.165, 1.54) is 12.4 Å². The molecule has 0 saturated carbocycles. The van der Waals surface area contributed by atoms with Crippen LogP contribution in [0.25, 0.3) is 11.4 Å². The molecule has 0 spiro atoms. The zero-order valence-electron chi connectivity index (χ0n) is 19.0. The highest BCUT2D eigenvalue weighted by Gasteiger charge is 2.32. The Balaban J connectivity index is 1.38. The maximum Gasteiger partial charge on any atom is 0.277 e. The molecule has 1 aromatic carbocycles. The lowest BCUT2D eigenvalue weighted by Gasteiger charge is -2.29. The van der Waals surface area contributed by atoms with Crippen LogP contribution >= 0.6 is 23.4 Å². The van der Waals surface area contributed by atoms with E-state index in [1.807, 2.05) is 36.2 Å². The number of hydrogen-bond donors (Lipinski definition) is 2. The third-order valence-corrected chi connectivity index (χ3v) is 7.41. The highest BCUT2D eigenvalue weighted by molar-refractivity contribution is 8.00. The molecule has 2 aliphatic heterocycles. The van der Waals surface area contributed by atoms with Crippen LogP contribution in [-0.4, -0.2) is 76.2 Å². The van der Waals surface area contributed by atoms with Crippen molar-refractivity contribution < 1.29 is 14.7 Å². The number of fused-ring (bicyclic) bond motifs is 1. The van der Waals surface area contributed by atoms with Crippen molar-refractivity contribution in [2.24, 2.45) is 0 Å². The van der Waals surface area contributed by atoms with Gasteiger partial charge in [0.15, 0.2) is 5.82 Å². The molecule has 35 heavy (non-hydrogen) atoms. The number of thioether (sulfide) groups is 1. The fraction of sp³-hybridized carbons (Fsp3) is 0.348. The molecule has 10 nitrogen and oxygen atoms in total. The molecule has 1 saturated heterocycles. The van der Waals surface area contributed by atoms with Gasteiger partial charge in [0.05, 0.1) is 29.4 Å². The summed E-state index contributed by atoms with van der Waals surface area (Å²) in [6.07, 6.45) is 3.57. The number of carbonyl (C=O) groups is 1. The second kappa shape index (κ2) is 10.3. The average molecular weight is 514 g/mol. The first kappa shape index (κ1) is 23.7. The van der Waals surface area contributed by atoms with Crippen LogP contribution in [0, 0.1) is 0 Å². The van der Waals surface area contributed by atoms with E-state index < -0.39 is 5.91 Å². The third kappa shape index (κ3) is 5.18. The van der Waals surface area contributed by atoms with Crippen molar-refractivity contribution in [3.8, 4) is 11.4 Å². The van der Waals surface area contributed by atoms with Gasteiger partial charge in [0, 0.05) is 61.3 Å². The molecule has 1 unspecified atom stereocenters. The Hall–Kier alpha value is -2.99. The summed E-state index contributed by atoms with van der Waals surface area (Å²) in [6, 6.07) is 7.59. The number of hydroxylamine groups is 1. The number of halogens is 1. The number of anilines is 2. The maximum atomic E-state index is 11.5. The van der Waals surface area contributed by atoms with Crippen molar-refractivity contribution in [2.45, 2.75) is 16.6 Å². The molecule has 5 rings (SSSR count). The lowest BCUT2D eigenvalue weighted by atomic mass is 10.1. The highest BCUT2D eigenvalue weighted by atomic mass is 35.5. The summed E-state index contributed by atoms with van der Waals surface area (Å²) in [6.45, 7) is 3.61. The highest BCUT2D eigenvalue weighted by Crippen LogP contribution is 2.43. The normalized spacial score (nSPS) is 17.2. The van der Waals surface area contributed by atoms with Gasteiger partial charge in [-0.1, -0.05) is 11.6 Å². The molecule has 0 bridgehead atoms. The fourth-order valence-corrected chi connectivity index (χ4v) is 5.62. The lowest BCUT2D eigenvalue weighted by Crippen LogP contribution is -2.37. The first-order chi connectivity index (χ1) is 17.0. The second-order valence-corrected chi connectivity index (χ2v) is 10.0. The molecule has 12 heteroatoms. The van der Waals surface area contributed by atoms with E-state index in [-0.39, 0.29) is 10.8 Å². The van der Waals surface area contributed by atoms with Crippen molar-refractivity contribution in [3.05, 3.63) is 52.9 Å². The number of ether oxygens (including phenoxy) is 1. The van der Waals surface area contributed by atoms with E-state index in [4.69, 9.17) is 31.5 Å². The summed E-state index contributed by atoms with van der Waals surface area (Å²) < 4.78 is 5.56. The van der Waals surface area contributed by atoms with Crippen LogP contribution < -0.4 is 15.3 Å². The van der Waals surface area contributed by atoms with Gasteiger partial charge in [-0.25, -0.2) is 25.4 Å². The predicted octanol–water partition coefficient (Wildman–Crippen LogP) is 2.70. The van der Waals surface area contributed by atoms with E-state index in [9.17, 15) is 4.79 Å². The number of nitrogens with one attached hydrogen (secondary N) is 1. The second-order valence-electron chi connectivity index (χ2n) is 8.29. The summed E-state index contributed by atoms with van der Waals surface area (Å²) >= 11 is 7.86. The number of rotatable bonds is 6. The van der Waals surface area contributed by atoms with Crippen molar-refractivity contribution in [1.29, 1.82) is 0 Å². The van der Waals surface area contributed by atoms with Crippen LogP contribution in [-0.2, 0) is 11.2 Å². The number of nitrogens with zero attached hydrogens (tertiary/aromatic N) is 6. The molecule has 2 aliphatic rings. The zero-order chi connectivity index (χ0) is 24.4. The van der Waals surface area contributed by atoms with Gasteiger partial charge in [0.2, 0.25) is 5.95 Å². The molecule has 182 valence electrons. The standard InChI is InChI=1S/C23H24ClN7O3S/c1-30(23-25-11-15(12-26-23)22(32)29-33)13-17-10-18-19(35-17)21(31-6-8-34-9-7-31)28-20(27-18)14-2-4-16(24)5-3-14/h2-5,11-12,17,33H,6-10,13H2,1H3,(H,29,32). The Labute approximate surface area is 211 Å². The summed E-state index contributed by atoms with van der Waals surface area (Å²) in [7, 11) is 1.92. The minimum Gasteiger partial charge on any atom is -0.378 e. The minimum absolute atomic E-state index is 0.187. The molecule has 0 aliphatic carbocycles. The molecule has 4 heterocycles. The van der Waals surface area contributed by atoms with Crippen molar-refractivity contribution in [1.82, 2.24) is 25.4 Å². The third-order valence-electron chi connectivity index (χ3n) is 5.86. The van der Waals surface area contributed by atoms with Gasteiger partial charge in [-0.05, 0) is 24.3 Å². The Kier molecular flexibility index (Phi) is 7.00. The van der Waals surface area contributed by atoms with Gasteiger partial charge in [0.25, 0.3) is 5.91 Å². The first-order valence-corrected chi connectivity index (χ1v) is 12.4. The monoisotopic (exact) mass is 513 g/mol. The SMILES string of the molecule is CN(CC1Cc2nc(-c3ccc(Cl)cc3)nc(N3CCOCC3)c2S1)c1ncc(C(=O)NO)cn1. The van der Waals surface area contributed by atoms with Crippen molar-refractivity contribution in [2.75, 3.05) is 49.7 Å². The largest absolute Gasteiger partial charge is 0.378 e. The number of carbonyl (C=O) groups excluding carboxylic acids is 1. The van der Waals surface area contributed by atoms with Crippen LogP contribution in [0.4, 0.5) is 11.8 Å². The van der Waals surface area contributed by atoms with Crippen LogP contribution in [0.15, 0.2) is 41.6 Å². The summed E-state index contributed by atoms with van der Waals surface area (Å²) in [5.41, 5.74) is 3.73. The molecule has 3 aromatic rings. The summed E-state index contributed by atoms with van der Waals surface area (Å²) in [4.78, 5) is 35.3. The predicted molar refractivity (Wildman–Crippen MR) is 133 cm³/mol. The maximum absolute atomic E-state index is 11.5. The van der Waals surface area contributed by atoms with Crippen LogP contribution in [0.3, 0.4) is 0 Å². The first-order valence-electron chi connectivity index (χ1n) is 11.2. The van der Waals surface area contributed by atoms with Gasteiger partial charge in [-0.3, -0.25) is 10.0 Å². The Morgan fingerprint density at radius 2 is 1.94 bits per heavy atom. The molecule has 2 aromatic heterocycles. The van der Waals surface area contributed by atoms with Gasteiger partial charge < -0.3 is 14.5 Å². The molecule has 1 atom stereocenters. The van der Waals surface area contributed by atoms with Gasteiger partial charge in [-0.15, -0.1) is 11.8 Å². The molecule has 1 fully saturated rings. The molecule has 1 amide bonds. The topological polar surface area (TPSA) is 117 Å². The van der Waals surface area contributed by atoms with Crippen molar-refractivity contribution in [3.63, 3.8) is 0 Å².